The number of aliphatic hydroxyl groups excluding tert-OH is 1. The number of aliphatic hydroxyl groups is 1. The Bertz CT molecular complexity index is 876. The molecule has 0 spiro atoms. The van der Waals surface area contributed by atoms with E-state index in [-0.39, 0.29) is 17.1 Å². The number of nitrogens with zero attached hydrogens (tertiary/aromatic N) is 2. The topological polar surface area (TPSA) is 89.3 Å². The molecular weight excluding hydrogens is 324 g/mol. The fourth-order valence-electron chi connectivity index (χ4n) is 2.56. The summed E-state index contributed by atoms with van der Waals surface area (Å²) in [6.07, 6.45) is -0.927. The molecule has 2 atom stereocenters. The molecule has 1 fully saturated rings. The van der Waals surface area contributed by atoms with Gasteiger partial charge in [0.1, 0.15) is 0 Å². The van der Waals surface area contributed by atoms with E-state index in [0.717, 1.165) is 11.8 Å². The van der Waals surface area contributed by atoms with E-state index in [9.17, 15) is 18.3 Å². The Hall–Kier alpha value is -1.38. The molecule has 1 N–H and O–H groups in total. The number of para-hydroxylation sites is 1. The quantitative estimate of drug-likeness (QED) is 0.826. The monoisotopic (exact) mass is 340 g/mol. The van der Waals surface area contributed by atoms with Gasteiger partial charge in [-0.1, -0.05) is 23.9 Å². The smallest absolute Gasteiger partial charge is 0.262 e. The minimum atomic E-state index is -3.22. The van der Waals surface area contributed by atoms with Crippen LogP contribution < -0.4 is 5.56 Å². The molecule has 2 heterocycles. The molecule has 1 aliphatic rings. The van der Waals surface area contributed by atoms with Gasteiger partial charge in [0.05, 0.1) is 33.8 Å². The van der Waals surface area contributed by atoms with E-state index in [1.54, 1.807) is 24.3 Å². The Labute approximate surface area is 132 Å². The van der Waals surface area contributed by atoms with Crippen LogP contribution in [0.15, 0.2) is 34.2 Å². The molecule has 0 amide bonds. The van der Waals surface area contributed by atoms with Crippen LogP contribution in [0, 0.1) is 0 Å². The van der Waals surface area contributed by atoms with Gasteiger partial charge in [-0.3, -0.25) is 9.36 Å². The summed E-state index contributed by atoms with van der Waals surface area (Å²) in [4.78, 5) is 17.0. The van der Waals surface area contributed by atoms with Crippen LogP contribution in [-0.2, 0) is 16.4 Å². The van der Waals surface area contributed by atoms with Gasteiger partial charge in [-0.15, -0.1) is 0 Å². The maximum Gasteiger partial charge on any atom is 0.262 e. The number of sulfone groups is 1. The Morgan fingerprint density at radius 1 is 1.36 bits per heavy atom. The highest BCUT2D eigenvalue weighted by Gasteiger charge is 2.37. The van der Waals surface area contributed by atoms with Crippen molar-refractivity contribution in [3.63, 3.8) is 0 Å². The van der Waals surface area contributed by atoms with Crippen molar-refractivity contribution in [2.75, 3.05) is 11.5 Å². The number of rotatable bonds is 3. The highest BCUT2D eigenvalue weighted by Crippen LogP contribution is 2.30. The summed E-state index contributed by atoms with van der Waals surface area (Å²) < 4.78 is 24.7. The molecule has 0 aliphatic carbocycles. The summed E-state index contributed by atoms with van der Waals surface area (Å²) in [7, 11) is -3.22. The molecule has 1 saturated heterocycles. The van der Waals surface area contributed by atoms with Crippen LogP contribution in [-0.4, -0.2) is 45.9 Å². The summed E-state index contributed by atoms with van der Waals surface area (Å²) in [6, 6.07) is 7.06. The zero-order chi connectivity index (χ0) is 15.9. The molecule has 0 radical (unpaired) electrons. The third-order valence-electron chi connectivity index (χ3n) is 3.67. The fourth-order valence-corrected chi connectivity index (χ4v) is 6.20. The van der Waals surface area contributed by atoms with E-state index < -0.39 is 21.2 Å². The van der Waals surface area contributed by atoms with Crippen molar-refractivity contribution in [3.8, 4) is 0 Å². The van der Waals surface area contributed by atoms with Crippen molar-refractivity contribution < 1.29 is 13.5 Å². The number of hydrogen-bond acceptors (Lipinski definition) is 6. The number of fused-ring (bicyclic) bond motifs is 1. The minimum absolute atomic E-state index is 0.0920. The first kappa shape index (κ1) is 15.5. The molecule has 1 aliphatic heterocycles. The van der Waals surface area contributed by atoms with Crippen molar-refractivity contribution >= 4 is 32.5 Å². The largest absolute Gasteiger partial charge is 0.391 e. The molecule has 22 heavy (non-hydrogen) atoms. The number of benzene rings is 1. The summed E-state index contributed by atoms with van der Waals surface area (Å²) >= 11 is 1.16. The molecule has 0 saturated carbocycles. The molecule has 1 aromatic carbocycles. The first-order valence-corrected chi connectivity index (χ1v) is 9.66. The standard InChI is InChI=1S/C14H16N2O4S2/c1-2-16-13(18)9-5-3-4-6-10(9)15-14(16)21-12-8-22(19,20)7-11(12)17/h3-6,11-12,17H,2,7-8H2,1H3/t11-,12+/m0/s1. The van der Waals surface area contributed by atoms with Gasteiger partial charge in [-0.25, -0.2) is 13.4 Å². The van der Waals surface area contributed by atoms with Gasteiger partial charge in [0.2, 0.25) is 0 Å². The van der Waals surface area contributed by atoms with E-state index in [1.165, 1.54) is 4.57 Å². The number of thioether (sulfide) groups is 1. The van der Waals surface area contributed by atoms with Crippen LogP contribution in [0.3, 0.4) is 0 Å². The Morgan fingerprint density at radius 2 is 2.09 bits per heavy atom. The van der Waals surface area contributed by atoms with Gasteiger partial charge < -0.3 is 5.11 Å². The third kappa shape index (κ3) is 2.78. The lowest BCUT2D eigenvalue weighted by Gasteiger charge is -2.15. The lowest BCUT2D eigenvalue weighted by Crippen LogP contribution is -2.26. The second-order valence-corrected chi connectivity index (χ2v) is 8.62. The van der Waals surface area contributed by atoms with Crippen molar-refractivity contribution in [2.45, 2.75) is 30.0 Å². The summed E-state index contributed by atoms with van der Waals surface area (Å²) in [6.45, 7) is 2.28. The number of aromatic nitrogens is 2. The van der Waals surface area contributed by atoms with Crippen LogP contribution in [0.2, 0.25) is 0 Å². The molecule has 3 rings (SSSR count). The third-order valence-corrected chi connectivity index (χ3v) is 6.91. The second kappa shape index (κ2) is 5.68. The first-order valence-electron chi connectivity index (χ1n) is 6.96. The maximum atomic E-state index is 12.5. The van der Waals surface area contributed by atoms with E-state index in [1.807, 2.05) is 6.92 Å². The summed E-state index contributed by atoms with van der Waals surface area (Å²) in [5.41, 5.74) is 0.431. The Balaban J connectivity index is 2.05. The second-order valence-electron chi connectivity index (χ2n) is 5.26. The zero-order valence-electron chi connectivity index (χ0n) is 12.0. The molecule has 0 unspecified atom stereocenters. The fraction of sp³-hybridized carbons (Fsp3) is 0.429. The highest BCUT2D eigenvalue weighted by atomic mass is 32.2. The Morgan fingerprint density at radius 3 is 2.73 bits per heavy atom. The predicted octanol–water partition coefficient (Wildman–Crippen LogP) is 0.666. The van der Waals surface area contributed by atoms with Gasteiger partial charge >= 0.3 is 0 Å². The molecule has 118 valence electrons. The molecule has 0 bridgehead atoms. The van der Waals surface area contributed by atoms with Crippen molar-refractivity contribution in [1.29, 1.82) is 0 Å². The normalized spacial score (nSPS) is 23.9. The maximum absolute atomic E-state index is 12.5. The van der Waals surface area contributed by atoms with Crippen LogP contribution in [0.25, 0.3) is 10.9 Å². The van der Waals surface area contributed by atoms with Crippen LogP contribution in [0.4, 0.5) is 0 Å². The Kier molecular flexibility index (Phi) is 4.00. The van der Waals surface area contributed by atoms with Crippen molar-refractivity contribution in [2.24, 2.45) is 0 Å². The highest BCUT2D eigenvalue weighted by molar-refractivity contribution is 8.01. The van der Waals surface area contributed by atoms with Crippen LogP contribution >= 0.6 is 11.8 Å². The molecule has 8 heteroatoms. The molecule has 1 aromatic heterocycles. The van der Waals surface area contributed by atoms with Gasteiger partial charge in [-0.05, 0) is 19.1 Å². The van der Waals surface area contributed by atoms with E-state index in [2.05, 4.69) is 4.98 Å². The van der Waals surface area contributed by atoms with Gasteiger partial charge in [0.25, 0.3) is 5.56 Å². The average Bonchev–Trinajstić information content (AvgIpc) is 2.72. The van der Waals surface area contributed by atoms with E-state index in [0.29, 0.717) is 22.6 Å². The summed E-state index contributed by atoms with van der Waals surface area (Å²) in [5.74, 6) is -0.320. The van der Waals surface area contributed by atoms with Crippen molar-refractivity contribution in [3.05, 3.63) is 34.6 Å². The molecule has 2 aromatic rings. The van der Waals surface area contributed by atoms with Gasteiger partial charge in [0.15, 0.2) is 15.0 Å². The predicted molar refractivity (Wildman–Crippen MR) is 86.0 cm³/mol. The van der Waals surface area contributed by atoms with Crippen molar-refractivity contribution in [1.82, 2.24) is 9.55 Å². The van der Waals surface area contributed by atoms with Gasteiger partial charge in [-0.2, -0.15) is 0 Å². The summed E-state index contributed by atoms with van der Waals surface area (Å²) in [5, 5.41) is 10.4. The number of hydrogen-bond donors (Lipinski definition) is 1. The average molecular weight is 340 g/mol. The molecular formula is C14H16N2O4S2. The van der Waals surface area contributed by atoms with E-state index >= 15 is 0 Å². The van der Waals surface area contributed by atoms with E-state index in [4.69, 9.17) is 0 Å². The van der Waals surface area contributed by atoms with Gasteiger partial charge in [0, 0.05) is 6.54 Å². The van der Waals surface area contributed by atoms with Crippen LogP contribution in [0.1, 0.15) is 6.92 Å². The SMILES string of the molecule is CCn1c(S[C@@H]2CS(=O)(=O)C[C@@H]2O)nc2ccccc2c1=O. The minimum Gasteiger partial charge on any atom is -0.391 e. The first-order chi connectivity index (χ1) is 10.4. The zero-order valence-corrected chi connectivity index (χ0v) is 13.6. The molecule has 6 nitrogen and oxygen atoms in total. The lowest BCUT2D eigenvalue weighted by molar-refractivity contribution is 0.207. The van der Waals surface area contributed by atoms with Crippen LogP contribution in [0.5, 0.6) is 0 Å². The lowest BCUT2D eigenvalue weighted by atomic mass is 10.2.